The molecule has 0 bridgehead atoms. The molecule has 1 rings (SSSR count). The van der Waals surface area contributed by atoms with E-state index in [4.69, 9.17) is 9.84 Å². The Kier molecular flexibility index (Phi) is 2.88. The SMILES string of the molecule is CC(C)(C)Oc1ccnc(CO)c1. The summed E-state index contributed by atoms with van der Waals surface area (Å²) in [4.78, 5) is 3.96. The Morgan fingerprint density at radius 2 is 2.15 bits per heavy atom. The van der Waals surface area contributed by atoms with Gasteiger partial charge in [0.15, 0.2) is 0 Å². The standard InChI is InChI=1S/C10H15NO2/c1-10(2,3)13-9-4-5-11-8(6-9)7-12/h4-6,12H,7H2,1-3H3. The van der Waals surface area contributed by atoms with Crippen molar-refractivity contribution < 1.29 is 9.84 Å². The van der Waals surface area contributed by atoms with E-state index in [-0.39, 0.29) is 12.2 Å². The van der Waals surface area contributed by atoms with Crippen molar-refractivity contribution in [2.24, 2.45) is 0 Å². The van der Waals surface area contributed by atoms with Crippen LogP contribution in [0.25, 0.3) is 0 Å². The average Bonchev–Trinajstić information content (AvgIpc) is 2.01. The molecule has 72 valence electrons. The van der Waals surface area contributed by atoms with Gasteiger partial charge >= 0.3 is 0 Å². The van der Waals surface area contributed by atoms with Crippen LogP contribution in [0.15, 0.2) is 18.3 Å². The van der Waals surface area contributed by atoms with Crippen LogP contribution in [0.3, 0.4) is 0 Å². The lowest BCUT2D eigenvalue weighted by atomic mass is 10.2. The Bertz CT molecular complexity index is 278. The van der Waals surface area contributed by atoms with Crippen LogP contribution < -0.4 is 4.74 Å². The smallest absolute Gasteiger partial charge is 0.123 e. The second-order valence-corrected chi connectivity index (χ2v) is 3.86. The Balaban J connectivity index is 2.78. The van der Waals surface area contributed by atoms with Crippen molar-refractivity contribution in [2.75, 3.05) is 0 Å². The van der Waals surface area contributed by atoms with Gasteiger partial charge in [-0.25, -0.2) is 0 Å². The molecule has 0 fully saturated rings. The van der Waals surface area contributed by atoms with E-state index in [1.165, 1.54) is 0 Å². The van der Waals surface area contributed by atoms with Crippen LogP contribution in [-0.4, -0.2) is 15.7 Å². The lowest BCUT2D eigenvalue weighted by molar-refractivity contribution is 0.130. The fraction of sp³-hybridized carbons (Fsp3) is 0.500. The van der Waals surface area contributed by atoms with Gasteiger partial charge in [0.1, 0.15) is 11.4 Å². The molecule has 1 aromatic heterocycles. The van der Waals surface area contributed by atoms with Gasteiger partial charge in [0.2, 0.25) is 0 Å². The Labute approximate surface area is 78.4 Å². The molecule has 1 N–H and O–H groups in total. The summed E-state index contributed by atoms with van der Waals surface area (Å²) in [5.41, 5.74) is 0.412. The maximum Gasteiger partial charge on any atom is 0.123 e. The molecule has 0 saturated carbocycles. The highest BCUT2D eigenvalue weighted by Crippen LogP contribution is 2.17. The first-order valence-electron chi connectivity index (χ1n) is 4.26. The van der Waals surface area contributed by atoms with Gasteiger partial charge in [-0.3, -0.25) is 4.98 Å². The lowest BCUT2D eigenvalue weighted by Gasteiger charge is -2.21. The van der Waals surface area contributed by atoms with Crippen molar-refractivity contribution in [3.63, 3.8) is 0 Å². The van der Waals surface area contributed by atoms with Crippen LogP contribution >= 0.6 is 0 Å². The minimum Gasteiger partial charge on any atom is -0.488 e. The fourth-order valence-electron chi connectivity index (χ4n) is 0.960. The van der Waals surface area contributed by atoms with E-state index < -0.39 is 0 Å². The van der Waals surface area contributed by atoms with Gasteiger partial charge in [-0.2, -0.15) is 0 Å². The number of hydrogen-bond acceptors (Lipinski definition) is 3. The number of nitrogens with zero attached hydrogens (tertiary/aromatic N) is 1. The van der Waals surface area contributed by atoms with E-state index in [0.29, 0.717) is 5.69 Å². The van der Waals surface area contributed by atoms with E-state index in [2.05, 4.69) is 4.98 Å². The summed E-state index contributed by atoms with van der Waals surface area (Å²) in [7, 11) is 0. The molecule has 0 aliphatic rings. The third kappa shape index (κ3) is 3.42. The van der Waals surface area contributed by atoms with Gasteiger partial charge in [0, 0.05) is 12.3 Å². The van der Waals surface area contributed by atoms with E-state index in [9.17, 15) is 0 Å². The summed E-state index contributed by atoms with van der Waals surface area (Å²) in [6.07, 6.45) is 1.63. The molecule has 3 nitrogen and oxygen atoms in total. The first-order chi connectivity index (χ1) is 6.01. The number of aliphatic hydroxyl groups excluding tert-OH is 1. The normalized spacial score (nSPS) is 11.4. The third-order valence-electron chi connectivity index (χ3n) is 1.37. The molecule has 0 aromatic carbocycles. The second-order valence-electron chi connectivity index (χ2n) is 3.86. The van der Waals surface area contributed by atoms with E-state index >= 15 is 0 Å². The number of ether oxygens (including phenoxy) is 1. The van der Waals surface area contributed by atoms with Gasteiger partial charge in [-0.15, -0.1) is 0 Å². The molecular formula is C10H15NO2. The molecule has 13 heavy (non-hydrogen) atoms. The molecule has 0 aliphatic carbocycles. The predicted molar refractivity (Wildman–Crippen MR) is 50.5 cm³/mol. The lowest BCUT2D eigenvalue weighted by Crippen LogP contribution is -2.23. The number of aliphatic hydroxyl groups is 1. The number of hydrogen-bond donors (Lipinski definition) is 1. The Hall–Kier alpha value is -1.09. The minimum atomic E-state index is -0.214. The van der Waals surface area contributed by atoms with Crippen molar-refractivity contribution in [1.29, 1.82) is 0 Å². The van der Waals surface area contributed by atoms with E-state index in [1.807, 2.05) is 20.8 Å². The van der Waals surface area contributed by atoms with Crippen molar-refractivity contribution in [1.82, 2.24) is 4.98 Å². The summed E-state index contributed by atoms with van der Waals surface area (Å²) < 4.78 is 5.59. The van der Waals surface area contributed by atoms with Crippen molar-refractivity contribution in [2.45, 2.75) is 33.0 Å². The number of rotatable bonds is 2. The van der Waals surface area contributed by atoms with Gasteiger partial charge in [0.05, 0.1) is 12.3 Å². The van der Waals surface area contributed by atoms with Gasteiger partial charge in [-0.05, 0) is 26.8 Å². The summed E-state index contributed by atoms with van der Waals surface area (Å²) in [6, 6.07) is 3.52. The van der Waals surface area contributed by atoms with Crippen LogP contribution in [0.1, 0.15) is 26.5 Å². The molecule has 0 amide bonds. The second kappa shape index (κ2) is 3.75. The number of aromatic nitrogens is 1. The first-order valence-corrected chi connectivity index (χ1v) is 4.26. The maximum absolute atomic E-state index is 8.84. The molecule has 0 saturated heterocycles. The third-order valence-corrected chi connectivity index (χ3v) is 1.37. The maximum atomic E-state index is 8.84. The highest BCUT2D eigenvalue weighted by molar-refractivity contribution is 5.22. The number of pyridine rings is 1. The van der Waals surface area contributed by atoms with Gasteiger partial charge in [0.25, 0.3) is 0 Å². The quantitative estimate of drug-likeness (QED) is 0.755. The Morgan fingerprint density at radius 3 is 2.69 bits per heavy atom. The van der Waals surface area contributed by atoms with E-state index in [1.54, 1.807) is 18.3 Å². The predicted octanol–water partition coefficient (Wildman–Crippen LogP) is 1.75. The fourth-order valence-corrected chi connectivity index (χ4v) is 0.960. The summed E-state index contributed by atoms with van der Waals surface area (Å²) in [5, 5.41) is 8.84. The summed E-state index contributed by atoms with van der Waals surface area (Å²) in [5.74, 6) is 0.742. The zero-order valence-electron chi connectivity index (χ0n) is 8.24. The molecule has 0 unspecified atom stereocenters. The largest absolute Gasteiger partial charge is 0.488 e. The molecule has 3 heteroatoms. The van der Waals surface area contributed by atoms with E-state index in [0.717, 1.165) is 5.75 Å². The molecule has 1 heterocycles. The highest BCUT2D eigenvalue weighted by atomic mass is 16.5. The highest BCUT2D eigenvalue weighted by Gasteiger charge is 2.11. The van der Waals surface area contributed by atoms with Gasteiger partial charge in [-0.1, -0.05) is 0 Å². The summed E-state index contributed by atoms with van der Waals surface area (Å²) >= 11 is 0. The van der Waals surface area contributed by atoms with Crippen LogP contribution in [0.5, 0.6) is 5.75 Å². The average molecular weight is 181 g/mol. The monoisotopic (exact) mass is 181 g/mol. The molecule has 0 atom stereocenters. The van der Waals surface area contributed by atoms with Crippen LogP contribution in [0.4, 0.5) is 0 Å². The van der Waals surface area contributed by atoms with Crippen LogP contribution in [-0.2, 0) is 6.61 Å². The van der Waals surface area contributed by atoms with Crippen LogP contribution in [0.2, 0.25) is 0 Å². The molecule has 0 radical (unpaired) electrons. The van der Waals surface area contributed by atoms with Crippen molar-refractivity contribution in [3.8, 4) is 5.75 Å². The summed E-state index contributed by atoms with van der Waals surface area (Å²) in [6.45, 7) is 5.88. The topological polar surface area (TPSA) is 42.4 Å². The molecule has 0 spiro atoms. The minimum absolute atomic E-state index is 0.0542. The zero-order valence-corrected chi connectivity index (χ0v) is 8.24. The Morgan fingerprint density at radius 1 is 1.46 bits per heavy atom. The first kappa shape index (κ1) is 9.99. The van der Waals surface area contributed by atoms with Crippen molar-refractivity contribution in [3.05, 3.63) is 24.0 Å². The van der Waals surface area contributed by atoms with Gasteiger partial charge < -0.3 is 9.84 Å². The molecule has 0 aliphatic heterocycles. The molecule has 1 aromatic rings. The van der Waals surface area contributed by atoms with Crippen molar-refractivity contribution >= 4 is 0 Å². The zero-order chi connectivity index (χ0) is 9.90. The van der Waals surface area contributed by atoms with Crippen LogP contribution in [0, 0.1) is 0 Å². The molecular weight excluding hydrogens is 166 g/mol.